The molecule has 1 aliphatic carbocycles. The van der Waals surface area contributed by atoms with Crippen molar-refractivity contribution in [2.45, 2.75) is 38.8 Å². The summed E-state index contributed by atoms with van der Waals surface area (Å²) >= 11 is 0. The summed E-state index contributed by atoms with van der Waals surface area (Å²) in [7, 11) is 1.65. The van der Waals surface area contributed by atoms with Gasteiger partial charge in [0.25, 0.3) is 5.56 Å². The normalized spacial score (nSPS) is 16.6. The van der Waals surface area contributed by atoms with Crippen molar-refractivity contribution in [3.05, 3.63) is 28.7 Å². The highest BCUT2D eigenvalue weighted by molar-refractivity contribution is 5.41. The van der Waals surface area contributed by atoms with E-state index in [1.54, 1.807) is 17.7 Å². The minimum atomic E-state index is 0.0251. The van der Waals surface area contributed by atoms with Crippen molar-refractivity contribution in [1.82, 2.24) is 4.57 Å². The molecule has 0 bridgehead atoms. The molecule has 1 N–H and O–H groups in total. The van der Waals surface area contributed by atoms with Gasteiger partial charge in [0.2, 0.25) is 0 Å². The van der Waals surface area contributed by atoms with Gasteiger partial charge < -0.3 is 14.6 Å². The van der Waals surface area contributed by atoms with Crippen molar-refractivity contribution in [3.63, 3.8) is 0 Å². The summed E-state index contributed by atoms with van der Waals surface area (Å²) in [5, 5.41) is 3.53. The molecule has 18 heavy (non-hydrogen) atoms. The van der Waals surface area contributed by atoms with Gasteiger partial charge in [0.1, 0.15) is 0 Å². The van der Waals surface area contributed by atoms with Gasteiger partial charge in [0, 0.05) is 32.0 Å². The lowest BCUT2D eigenvalue weighted by Gasteiger charge is -2.18. The predicted octanol–water partition coefficient (Wildman–Crippen LogP) is 2.10. The molecule has 1 aromatic rings. The molecule has 0 aliphatic heterocycles. The maximum atomic E-state index is 11.7. The minimum Gasteiger partial charge on any atom is -0.383 e. The lowest BCUT2D eigenvalue weighted by molar-refractivity contribution is 0.186. The summed E-state index contributed by atoms with van der Waals surface area (Å²) in [5.74, 6) is 0.814. The van der Waals surface area contributed by atoms with Gasteiger partial charge in [-0.05, 0) is 31.2 Å². The lowest BCUT2D eigenvalue weighted by Crippen LogP contribution is -2.24. The number of anilines is 1. The molecule has 1 heterocycles. The fourth-order valence-electron chi connectivity index (χ4n) is 2.25. The Hall–Kier alpha value is -1.29. The van der Waals surface area contributed by atoms with Crippen LogP contribution in [0.25, 0.3) is 0 Å². The van der Waals surface area contributed by atoms with E-state index in [2.05, 4.69) is 12.2 Å². The van der Waals surface area contributed by atoms with Crippen LogP contribution < -0.4 is 10.9 Å². The highest BCUT2D eigenvalue weighted by Crippen LogP contribution is 2.35. The molecule has 0 radical (unpaired) electrons. The molecule has 0 aromatic carbocycles. The van der Waals surface area contributed by atoms with Gasteiger partial charge in [-0.1, -0.05) is 6.92 Å². The molecule has 2 rings (SSSR count). The van der Waals surface area contributed by atoms with Gasteiger partial charge in [-0.3, -0.25) is 4.79 Å². The molecule has 1 atom stereocenters. The van der Waals surface area contributed by atoms with Gasteiger partial charge in [-0.15, -0.1) is 0 Å². The van der Waals surface area contributed by atoms with Crippen LogP contribution in [0.15, 0.2) is 23.1 Å². The zero-order valence-electron chi connectivity index (χ0n) is 11.2. The second kappa shape index (κ2) is 6.05. The average Bonchev–Trinajstić information content (AvgIpc) is 3.20. The Morgan fingerprint density at radius 3 is 2.89 bits per heavy atom. The standard InChI is InChI=1S/C14H22N2O2/c1-3-13(11-4-5-11)15-12-6-7-14(17)16(10-12)8-9-18-2/h6-7,10-11,13,15H,3-5,8-9H2,1-2H3. The van der Waals surface area contributed by atoms with E-state index in [0.29, 0.717) is 19.2 Å². The monoisotopic (exact) mass is 250 g/mol. The first-order valence-corrected chi connectivity index (χ1v) is 6.70. The van der Waals surface area contributed by atoms with Crippen LogP contribution in [0.3, 0.4) is 0 Å². The summed E-state index contributed by atoms with van der Waals surface area (Å²) in [5.41, 5.74) is 1.06. The molecular weight excluding hydrogens is 228 g/mol. The van der Waals surface area contributed by atoms with Gasteiger partial charge in [0.05, 0.1) is 12.3 Å². The number of ether oxygens (including phenoxy) is 1. The number of methoxy groups -OCH3 is 1. The second-order valence-electron chi connectivity index (χ2n) is 4.94. The van der Waals surface area contributed by atoms with E-state index in [0.717, 1.165) is 18.0 Å². The number of hydrogen-bond donors (Lipinski definition) is 1. The molecule has 1 aliphatic rings. The van der Waals surface area contributed by atoms with Crippen LogP contribution >= 0.6 is 0 Å². The first-order chi connectivity index (χ1) is 8.74. The fourth-order valence-corrected chi connectivity index (χ4v) is 2.25. The molecule has 100 valence electrons. The molecule has 4 nitrogen and oxygen atoms in total. The first kappa shape index (κ1) is 13.1. The number of aromatic nitrogens is 1. The molecule has 1 saturated carbocycles. The summed E-state index contributed by atoms with van der Waals surface area (Å²) in [6.45, 7) is 3.37. The van der Waals surface area contributed by atoms with Crippen LogP contribution in [-0.4, -0.2) is 24.3 Å². The molecule has 1 aromatic heterocycles. The highest BCUT2D eigenvalue weighted by atomic mass is 16.5. The van der Waals surface area contributed by atoms with Crippen molar-refractivity contribution < 1.29 is 4.74 Å². The first-order valence-electron chi connectivity index (χ1n) is 6.70. The Morgan fingerprint density at radius 1 is 1.50 bits per heavy atom. The molecule has 1 unspecified atom stereocenters. The van der Waals surface area contributed by atoms with Crippen LogP contribution in [0, 0.1) is 5.92 Å². The number of nitrogens with one attached hydrogen (secondary N) is 1. The third kappa shape index (κ3) is 3.35. The Balaban J connectivity index is 2.05. The quantitative estimate of drug-likeness (QED) is 0.806. The van der Waals surface area contributed by atoms with Gasteiger partial charge in [-0.2, -0.15) is 0 Å². The van der Waals surface area contributed by atoms with Crippen molar-refractivity contribution >= 4 is 5.69 Å². The molecule has 0 amide bonds. The Kier molecular flexibility index (Phi) is 4.42. The average molecular weight is 250 g/mol. The molecular formula is C14H22N2O2. The van der Waals surface area contributed by atoms with E-state index in [1.807, 2.05) is 12.3 Å². The highest BCUT2D eigenvalue weighted by Gasteiger charge is 2.29. The third-order valence-corrected chi connectivity index (χ3v) is 3.50. The van der Waals surface area contributed by atoms with Crippen LogP contribution in [0.1, 0.15) is 26.2 Å². The van der Waals surface area contributed by atoms with Crippen molar-refractivity contribution in [3.8, 4) is 0 Å². The van der Waals surface area contributed by atoms with E-state index in [4.69, 9.17) is 4.74 Å². The number of pyridine rings is 1. The lowest BCUT2D eigenvalue weighted by atomic mass is 10.1. The largest absolute Gasteiger partial charge is 0.383 e. The Morgan fingerprint density at radius 2 is 2.28 bits per heavy atom. The van der Waals surface area contributed by atoms with E-state index in [9.17, 15) is 4.79 Å². The van der Waals surface area contributed by atoms with E-state index in [1.165, 1.54) is 12.8 Å². The zero-order chi connectivity index (χ0) is 13.0. The smallest absolute Gasteiger partial charge is 0.250 e. The number of hydrogen-bond acceptors (Lipinski definition) is 3. The van der Waals surface area contributed by atoms with Gasteiger partial charge >= 0.3 is 0 Å². The number of nitrogens with zero attached hydrogens (tertiary/aromatic N) is 1. The van der Waals surface area contributed by atoms with Crippen LogP contribution in [0.4, 0.5) is 5.69 Å². The Bertz CT molecular complexity index is 438. The van der Waals surface area contributed by atoms with Crippen molar-refractivity contribution in [2.75, 3.05) is 19.0 Å². The third-order valence-electron chi connectivity index (χ3n) is 3.50. The van der Waals surface area contributed by atoms with Gasteiger partial charge in [-0.25, -0.2) is 0 Å². The SMILES string of the molecule is CCC(Nc1ccc(=O)n(CCOC)c1)C1CC1. The summed E-state index contributed by atoms with van der Waals surface area (Å²) in [6.07, 6.45) is 5.68. The predicted molar refractivity (Wildman–Crippen MR) is 73.0 cm³/mol. The minimum absolute atomic E-state index is 0.0251. The van der Waals surface area contributed by atoms with Crippen molar-refractivity contribution in [2.24, 2.45) is 5.92 Å². The molecule has 4 heteroatoms. The summed E-state index contributed by atoms with van der Waals surface area (Å²) in [6, 6.07) is 4.03. The van der Waals surface area contributed by atoms with Gasteiger partial charge in [0.15, 0.2) is 0 Å². The topological polar surface area (TPSA) is 43.3 Å². The van der Waals surface area contributed by atoms with Crippen LogP contribution in [0.5, 0.6) is 0 Å². The summed E-state index contributed by atoms with van der Waals surface area (Å²) < 4.78 is 6.71. The molecule has 1 fully saturated rings. The van der Waals surface area contributed by atoms with Crippen LogP contribution in [-0.2, 0) is 11.3 Å². The van der Waals surface area contributed by atoms with E-state index < -0.39 is 0 Å². The maximum Gasteiger partial charge on any atom is 0.250 e. The molecule has 0 saturated heterocycles. The fraction of sp³-hybridized carbons (Fsp3) is 0.643. The molecule has 0 spiro atoms. The van der Waals surface area contributed by atoms with Crippen LogP contribution in [0.2, 0.25) is 0 Å². The van der Waals surface area contributed by atoms with Crippen molar-refractivity contribution in [1.29, 1.82) is 0 Å². The van der Waals surface area contributed by atoms with E-state index in [-0.39, 0.29) is 5.56 Å². The second-order valence-corrected chi connectivity index (χ2v) is 4.94. The number of rotatable bonds is 7. The zero-order valence-corrected chi connectivity index (χ0v) is 11.2. The summed E-state index contributed by atoms with van der Waals surface area (Å²) in [4.78, 5) is 11.7. The van der Waals surface area contributed by atoms with E-state index >= 15 is 0 Å². The Labute approximate surface area is 108 Å². The maximum absolute atomic E-state index is 11.7.